The molecule has 0 bridgehead atoms. The number of rotatable bonds is 10. The predicted octanol–water partition coefficient (Wildman–Crippen LogP) is 2.99. The minimum Gasteiger partial charge on any atom is -0.353 e. The third kappa shape index (κ3) is 6.45. The molecule has 3 aromatic rings. The van der Waals surface area contributed by atoms with Crippen LogP contribution in [0.2, 0.25) is 0 Å². The summed E-state index contributed by atoms with van der Waals surface area (Å²) in [6.45, 7) is 0.727. The standard InChI is InChI=1S/C28H31N5O4S/c1-32(2)18-17-29-25(34)19-33(38(3,36)37)22-15-13-21(14-16-22)30-27(20-9-5-4-6-10-20)26-23-11-7-8-12-24(23)31-28(26)35/h4-16,26H,17-19H2,1-3H3,(H,29,34)(H,31,35). The Morgan fingerprint density at radius 1 is 0.974 bits per heavy atom. The van der Waals surface area contributed by atoms with E-state index < -0.39 is 21.8 Å². The van der Waals surface area contributed by atoms with Crippen molar-refractivity contribution in [3.63, 3.8) is 0 Å². The third-order valence-corrected chi connectivity index (χ3v) is 7.23. The van der Waals surface area contributed by atoms with Crippen LogP contribution in [-0.2, 0) is 19.6 Å². The summed E-state index contributed by atoms with van der Waals surface area (Å²) in [5, 5.41) is 5.67. The van der Waals surface area contributed by atoms with Crippen LogP contribution in [-0.4, -0.2) is 70.8 Å². The van der Waals surface area contributed by atoms with Gasteiger partial charge in [0, 0.05) is 18.8 Å². The van der Waals surface area contributed by atoms with E-state index in [0.29, 0.717) is 30.2 Å². The Bertz CT molecular complexity index is 1440. The van der Waals surface area contributed by atoms with E-state index in [9.17, 15) is 18.0 Å². The second-order valence-corrected chi connectivity index (χ2v) is 11.2. The minimum atomic E-state index is -3.71. The van der Waals surface area contributed by atoms with Crippen molar-refractivity contribution in [2.24, 2.45) is 4.99 Å². The van der Waals surface area contributed by atoms with E-state index in [4.69, 9.17) is 4.99 Å². The summed E-state index contributed by atoms with van der Waals surface area (Å²) in [5.41, 5.74) is 3.89. The number of carbonyl (C=O) groups is 2. The average Bonchev–Trinajstić information content (AvgIpc) is 3.21. The number of fused-ring (bicyclic) bond motifs is 1. The van der Waals surface area contributed by atoms with Gasteiger partial charge < -0.3 is 15.5 Å². The van der Waals surface area contributed by atoms with Crippen molar-refractivity contribution in [1.29, 1.82) is 0 Å². The normalized spacial score (nSPS) is 15.2. The second kappa shape index (κ2) is 11.6. The molecular weight excluding hydrogens is 502 g/mol. The molecule has 0 saturated heterocycles. The fraction of sp³-hybridized carbons (Fsp3) is 0.250. The van der Waals surface area contributed by atoms with Crippen LogP contribution < -0.4 is 14.9 Å². The molecule has 1 unspecified atom stereocenters. The molecule has 3 aromatic carbocycles. The fourth-order valence-electron chi connectivity index (χ4n) is 4.22. The van der Waals surface area contributed by atoms with Crippen molar-refractivity contribution in [2.75, 3.05) is 49.6 Å². The molecule has 2 N–H and O–H groups in total. The molecule has 0 spiro atoms. The Balaban J connectivity index is 1.64. The molecule has 0 saturated carbocycles. The van der Waals surface area contributed by atoms with Gasteiger partial charge >= 0.3 is 0 Å². The summed E-state index contributed by atoms with van der Waals surface area (Å²) in [7, 11) is 0.0642. The molecule has 1 heterocycles. The molecule has 1 aliphatic heterocycles. The van der Waals surface area contributed by atoms with Crippen LogP contribution in [0.3, 0.4) is 0 Å². The lowest BCUT2D eigenvalue weighted by Crippen LogP contribution is -2.42. The largest absolute Gasteiger partial charge is 0.353 e. The SMILES string of the molecule is CN(C)CCNC(=O)CN(c1ccc(N=C(c2ccccc2)C2C(=O)Nc3ccccc32)cc1)S(C)(=O)=O. The molecule has 2 amide bonds. The molecule has 10 heteroatoms. The van der Waals surface area contributed by atoms with Crippen molar-refractivity contribution in [3.8, 4) is 0 Å². The summed E-state index contributed by atoms with van der Waals surface area (Å²) in [5.74, 6) is -1.14. The highest BCUT2D eigenvalue weighted by molar-refractivity contribution is 7.92. The maximum atomic E-state index is 13.0. The highest BCUT2D eigenvalue weighted by Crippen LogP contribution is 2.36. The van der Waals surface area contributed by atoms with Gasteiger partial charge in [-0.05, 0) is 55.6 Å². The number of carbonyl (C=O) groups excluding carboxylic acids is 2. The number of benzene rings is 3. The number of sulfonamides is 1. The number of aliphatic imine (C=N–C) groups is 1. The quantitative estimate of drug-likeness (QED) is 0.389. The maximum Gasteiger partial charge on any atom is 0.240 e. The number of amides is 2. The third-order valence-electron chi connectivity index (χ3n) is 6.09. The molecule has 0 fully saturated rings. The molecular formula is C28H31N5O4S. The van der Waals surface area contributed by atoms with E-state index >= 15 is 0 Å². The summed E-state index contributed by atoms with van der Waals surface area (Å²) < 4.78 is 26.0. The first-order chi connectivity index (χ1) is 18.1. The highest BCUT2D eigenvalue weighted by atomic mass is 32.2. The van der Waals surface area contributed by atoms with Crippen LogP contribution in [0.25, 0.3) is 0 Å². The zero-order chi connectivity index (χ0) is 27.3. The van der Waals surface area contributed by atoms with E-state index in [1.807, 2.05) is 73.6 Å². The molecule has 4 rings (SSSR count). The lowest BCUT2D eigenvalue weighted by molar-refractivity contribution is -0.119. The van der Waals surface area contributed by atoms with Crippen LogP contribution in [0.5, 0.6) is 0 Å². The van der Waals surface area contributed by atoms with Gasteiger partial charge in [-0.15, -0.1) is 0 Å². The molecule has 38 heavy (non-hydrogen) atoms. The van der Waals surface area contributed by atoms with Gasteiger partial charge in [0.15, 0.2) is 0 Å². The Labute approximate surface area is 223 Å². The molecule has 0 radical (unpaired) electrons. The number of likely N-dealkylation sites (N-methyl/N-ethyl adjacent to an activating group) is 1. The van der Waals surface area contributed by atoms with Crippen LogP contribution in [0.15, 0.2) is 83.9 Å². The van der Waals surface area contributed by atoms with Crippen LogP contribution >= 0.6 is 0 Å². The number of anilines is 2. The lowest BCUT2D eigenvalue weighted by Gasteiger charge is -2.22. The van der Waals surface area contributed by atoms with E-state index in [2.05, 4.69) is 10.6 Å². The van der Waals surface area contributed by atoms with Gasteiger partial charge in [-0.2, -0.15) is 0 Å². The molecule has 1 aliphatic rings. The van der Waals surface area contributed by atoms with Gasteiger partial charge in [0.25, 0.3) is 0 Å². The topological polar surface area (TPSA) is 111 Å². The van der Waals surface area contributed by atoms with E-state index in [0.717, 1.165) is 27.4 Å². The number of hydrogen-bond acceptors (Lipinski definition) is 6. The van der Waals surface area contributed by atoms with Crippen molar-refractivity contribution in [2.45, 2.75) is 5.92 Å². The lowest BCUT2D eigenvalue weighted by atomic mass is 9.90. The van der Waals surface area contributed by atoms with Crippen molar-refractivity contribution in [3.05, 3.63) is 90.0 Å². The maximum absolute atomic E-state index is 13.0. The molecule has 198 valence electrons. The van der Waals surface area contributed by atoms with Crippen molar-refractivity contribution in [1.82, 2.24) is 10.2 Å². The number of hydrogen-bond donors (Lipinski definition) is 2. The first-order valence-corrected chi connectivity index (χ1v) is 14.0. The van der Waals surface area contributed by atoms with Crippen molar-refractivity contribution < 1.29 is 18.0 Å². The van der Waals surface area contributed by atoms with Gasteiger partial charge in [-0.3, -0.25) is 18.9 Å². The fourth-order valence-corrected chi connectivity index (χ4v) is 5.08. The summed E-state index contributed by atoms with van der Waals surface area (Å²) in [6.07, 6.45) is 1.07. The van der Waals surface area contributed by atoms with Gasteiger partial charge in [0.2, 0.25) is 21.8 Å². The summed E-state index contributed by atoms with van der Waals surface area (Å²) >= 11 is 0. The van der Waals surface area contributed by atoms with Gasteiger partial charge in [0.05, 0.1) is 23.3 Å². The van der Waals surface area contributed by atoms with E-state index in [1.165, 1.54) is 0 Å². The van der Waals surface area contributed by atoms with Crippen LogP contribution in [0.1, 0.15) is 17.0 Å². The summed E-state index contributed by atoms with van der Waals surface area (Å²) in [6, 6.07) is 23.6. The Hall–Kier alpha value is -4.02. The highest BCUT2D eigenvalue weighted by Gasteiger charge is 2.35. The zero-order valence-corrected chi connectivity index (χ0v) is 22.4. The average molecular weight is 534 g/mol. The van der Waals surface area contributed by atoms with Gasteiger partial charge in [-0.25, -0.2) is 8.42 Å². The van der Waals surface area contributed by atoms with Crippen molar-refractivity contribution >= 4 is 44.6 Å². The summed E-state index contributed by atoms with van der Waals surface area (Å²) in [4.78, 5) is 32.2. The first-order valence-electron chi connectivity index (χ1n) is 12.2. The number of nitrogens with one attached hydrogen (secondary N) is 2. The Morgan fingerprint density at radius 2 is 1.63 bits per heavy atom. The molecule has 9 nitrogen and oxygen atoms in total. The van der Waals surface area contributed by atoms with Crippen LogP contribution in [0, 0.1) is 0 Å². The smallest absolute Gasteiger partial charge is 0.240 e. The predicted molar refractivity (Wildman–Crippen MR) is 151 cm³/mol. The number of para-hydroxylation sites is 1. The number of nitrogens with zero attached hydrogens (tertiary/aromatic N) is 3. The minimum absolute atomic E-state index is 0.158. The van der Waals surface area contributed by atoms with Crippen LogP contribution in [0.4, 0.5) is 17.1 Å². The monoisotopic (exact) mass is 533 g/mol. The van der Waals surface area contributed by atoms with E-state index in [-0.39, 0.29) is 12.5 Å². The first kappa shape index (κ1) is 27.0. The van der Waals surface area contributed by atoms with Gasteiger partial charge in [0.1, 0.15) is 12.5 Å². The Kier molecular flexibility index (Phi) is 8.23. The molecule has 1 atom stereocenters. The Morgan fingerprint density at radius 3 is 2.29 bits per heavy atom. The second-order valence-electron chi connectivity index (χ2n) is 9.31. The van der Waals surface area contributed by atoms with E-state index in [1.54, 1.807) is 24.3 Å². The van der Waals surface area contributed by atoms with Gasteiger partial charge in [-0.1, -0.05) is 48.5 Å². The molecule has 0 aromatic heterocycles. The molecule has 0 aliphatic carbocycles. The zero-order valence-electron chi connectivity index (χ0n) is 21.6.